The third kappa shape index (κ3) is 4.11. The molecule has 0 radical (unpaired) electrons. The predicted octanol–water partition coefficient (Wildman–Crippen LogP) is 6.81. The van der Waals surface area contributed by atoms with Crippen LogP contribution in [0.4, 0.5) is 10.1 Å². The summed E-state index contributed by atoms with van der Waals surface area (Å²) in [5, 5.41) is 3.08. The molecule has 4 heteroatoms. The number of hydrogen-bond acceptors (Lipinski definition) is 1. The van der Waals surface area contributed by atoms with Crippen LogP contribution in [0.25, 0.3) is 11.3 Å². The zero-order chi connectivity index (χ0) is 22.0. The number of aromatic nitrogens is 1. The lowest BCUT2D eigenvalue weighted by molar-refractivity contribution is 0.102. The van der Waals surface area contributed by atoms with Crippen molar-refractivity contribution in [1.82, 2.24) is 4.57 Å². The summed E-state index contributed by atoms with van der Waals surface area (Å²) in [5.41, 5.74) is 5.32. The number of hydrogen-bond donors (Lipinski definition) is 1. The summed E-state index contributed by atoms with van der Waals surface area (Å²) in [6, 6.07) is 16.0. The summed E-state index contributed by atoms with van der Waals surface area (Å²) in [7, 11) is 2.00. The van der Waals surface area contributed by atoms with E-state index in [1.54, 1.807) is 12.1 Å². The van der Waals surface area contributed by atoms with E-state index in [9.17, 15) is 9.18 Å². The Morgan fingerprint density at radius 1 is 1.06 bits per heavy atom. The molecule has 1 aliphatic rings. The maximum atomic E-state index is 13.7. The minimum atomic E-state index is -0.272. The van der Waals surface area contributed by atoms with Crippen molar-refractivity contribution in [2.24, 2.45) is 7.05 Å². The molecule has 1 atom stereocenters. The Morgan fingerprint density at radius 2 is 1.77 bits per heavy atom. The largest absolute Gasteiger partial charge is 0.346 e. The summed E-state index contributed by atoms with van der Waals surface area (Å²) in [5.74, 6) is -0.180. The maximum absolute atomic E-state index is 13.7. The number of carbonyl (C=O) groups is 1. The predicted molar refractivity (Wildman–Crippen MR) is 125 cm³/mol. The summed E-state index contributed by atoms with van der Waals surface area (Å²) in [6.07, 6.45) is 9.15. The van der Waals surface area contributed by atoms with Gasteiger partial charge in [-0.05, 0) is 59.9 Å². The van der Waals surface area contributed by atoms with E-state index in [4.69, 9.17) is 0 Å². The third-order valence-electron chi connectivity index (χ3n) is 5.75. The quantitative estimate of drug-likeness (QED) is 0.489. The highest BCUT2D eigenvalue weighted by molar-refractivity contribution is 6.08. The van der Waals surface area contributed by atoms with Crippen LogP contribution in [-0.2, 0) is 7.05 Å². The molecule has 1 amide bonds. The first-order valence-corrected chi connectivity index (χ1v) is 10.7. The van der Waals surface area contributed by atoms with Crippen molar-refractivity contribution in [1.29, 1.82) is 0 Å². The molecule has 1 unspecified atom stereocenters. The molecule has 0 bridgehead atoms. The van der Waals surface area contributed by atoms with E-state index in [1.807, 2.05) is 49.5 Å². The molecular weight excluding hydrogens is 387 g/mol. The fraction of sp³-hybridized carbons (Fsp3) is 0.222. The van der Waals surface area contributed by atoms with Crippen LogP contribution in [0.1, 0.15) is 53.7 Å². The molecule has 0 saturated carbocycles. The monoisotopic (exact) mass is 414 g/mol. The van der Waals surface area contributed by atoms with Gasteiger partial charge < -0.3 is 9.88 Å². The minimum absolute atomic E-state index is 0.0697. The highest BCUT2D eigenvalue weighted by Gasteiger charge is 2.31. The first kappa shape index (κ1) is 20.9. The Kier molecular flexibility index (Phi) is 5.90. The molecule has 158 valence electrons. The molecule has 0 spiro atoms. The van der Waals surface area contributed by atoms with Gasteiger partial charge in [0.25, 0.3) is 5.91 Å². The molecule has 1 aliphatic carbocycles. The van der Waals surface area contributed by atoms with Crippen molar-refractivity contribution in [2.45, 2.75) is 32.1 Å². The molecule has 2 aromatic carbocycles. The van der Waals surface area contributed by atoms with Crippen LogP contribution in [0.3, 0.4) is 0 Å². The normalized spacial score (nSPS) is 15.5. The van der Waals surface area contributed by atoms with Crippen LogP contribution >= 0.6 is 0 Å². The van der Waals surface area contributed by atoms with Gasteiger partial charge in [0, 0.05) is 24.3 Å². The topological polar surface area (TPSA) is 34.0 Å². The maximum Gasteiger partial charge on any atom is 0.257 e. The molecular formula is C27H27FN2O. The first-order chi connectivity index (χ1) is 15.0. The van der Waals surface area contributed by atoms with Crippen molar-refractivity contribution in [3.8, 4) is 11.3 Å². The Bertz CT molecular complexity index is 1140. The molecule has 1 N–H and O–H groups in total. The van der Waals surface area contributed by atoms with Gasteiger partial charge in [-0.25, -0.2) is 4.39 Å². The molecule has 4 rings (SSSR count). The van der Waals surface area contributed by atoms with Crippen molar-refractivity contribution in [3.05, 3.63) is 102 Å². The number of benzene rings is 2. The SMILES string of the molecule is CC(C)c1c(C(=O)Nc2ccccc2)c(C2C=CC=CC2)c(-c2ccc(F)cc2)n1C. The number of allylic oxidation sites excluding steroid dienone is 4. The highest BCUT2D eigenvalue weighted by atomic mass is 19.1. The van der Waals surface area contributed by atoms with Gasteiger partial charge >= 0.3 is 0 Å². The lowest BCUT2D eigenvalue weighted by Gasteiger charge is -2.18. The van der Waals surface area contributed by atoms with Crippen molar-refractivity contribution >= 4 is 11.6 Å². The summed E-state index contributed by atoms with van der Waals surface area (Å²) in [6.45, 7) is 4.20. The molecule has 0 saturated heterocycles. The average Bonchev–Trinajstić information content (AvgIpc) is 3.09. The Labute approximate surface area is 182 Å². The second kappa shape index (κ2) is 8.76. The Balaban J connectivity index is 1.94. The third-order valence-corrected chi connectivity index (χ3v) is 5.75. The molecule has 3 aromatic rings. The van der Waals surface area contributed by atoms with Crippen molar-refractivity contribution in [3.63, 3.8) is 0 Å². The molecule has 0 fully saturated rings. The molecule has 1 heterocycles. The second-order valence-electron chi connectivity index (χ2n) is 8.22. The van der Waals surface area contributed by atoms with E-state index in [2.05, 4.69) is 35.9 Å². The van der Waals surface area contributed by atoms with E-state index in [1.165, 1.54) is 12.1 Å². The van der Waals surface area contributed by atoms with E-state index in [-0.39, 0.29) is 23.6 Å². The van der Waals surface area contributed by atoms with E-state index >= 15 is 0 Å². The Hall–Kier alpha value is -3.40. The van der Waals surface area contributed by atoms with Crippen LogP contribution in [0.5, 0.6) is 0 Å². The minimum Gasteiger partial charge on any atom is -0.346 e. The van der Waals surface area contributed by atoms with E-state index < -0.39 is 0 Å². The zero-order valence-electron chi connectivity index (χ0n) is 18.1. The molecule has 0 aliphatic heterocycles. The number of anilines is 1. The smallest absolute Gasteiger partial charge is 0.257 e. The summed E-state index contributed by atoms with van der Waals surface area (Å²) < 4.78 is 15.8. The number of para-hydroxylation sites is 1. The van der Waals surface area contributed by atoms with Gasteiger partial charge in [0.15, 0.2) is 0 Å². The fourth-order valence-corrected chi connectivity index (χ4v) is 4.47. The number of halogens is 1. The lowest BCUT2D eigenvalue weighted by atomic mass is 9.86. The van der Waals surface area contributed by atoms with Crippen LogP contribution in [0.15, 0.2) is 78.9 Å². The van der Waals surface area contributed by atoms with Gasteiger partial charge in [-0.3, -0.25) is 4.79 Å². The van der Waals surface area contributed by atoms with Crippen molar-refractivity contribution in [2.75, 3.05) is 5.32 Å². The van der Waals surface area contributed by atoms with Gasteiger partial charge in [0.2, 0.25) is 0 Å². The van der Waals surface area contributed by atoms with Crippen LogP contribution in [-0.4, -0.2) is 10.5 Å². The lowest BCUT2D eigenvalue weighted by Crippen LogP contribution is -2.17. The molecule has 3 nitrogen and oxygen atoms in total. The van der Waals surface area contributed by atoms with Gasteiger partial charge in [0.1, 0.15) is 5.82 Å². The second-order valence-corrected chi connectivity index (χ2v) is 8.22. The van der Waals surface area contributed by atoms with Gasteiger partial charge in [-0.15, -0.1) is 0 Å². The molecule has 31 heavy (non-hydrogen) atoms. The van der Waals surface area contributed by atoms with Gasteiger partial charge in [0.05, 0.1) is 11.3 Å². The van der Waals surface area contributed by atoms with E-state index in [0.29, 0.717) is 5.56 Å². The van der Waals surface area contributed by atoms with E-state index in [0.717, 1.165) is 34.6 Å². The standard InChI is InChI=1S/C27H27FN2O/c1-18(2)25-24(27(31)29-22-12-8-5-9-13-22)23(19-10-6-4-7-11-19)26(30(25)3)20-14-16-21(28)17-15-20/h4-10,12-19H,11H2,1-3H3,(H,29,31). The first-order valence-electron chi connectivity index (χ1n) is 10.7. The number of nitrogens with one attached hydrogen (secondary N) is 1. The number of amides is 1. The summed E-state index contributed by atoms with van der Waals surface area (Å²) in [4.78, 5) is 13.6. The van der Waals surface area contributed by atoms with Crippen LogP contribution < -0.4 is 5.32 Å². The zero-order valence-corrected chi connectivity index (χ0v) is 18.1. The Morgan fingerprint density at radius 3 is 2.39 bits per heavy atom. The number of nitrogens with zero attached hydrogens (tertiary/aromatic N) is 1. The number of carbonyl (C=O) groups excluding carboxylic acids is 1. The van der Waals surface area contributed by atoms with Gasteiger partial charge in [-0.1, -0.05) is 56.4 Å². The summed E-state index contributed by atoms with van der Waals surface area (Å²) >= 11 is 0. The van der Waals surface area contributed by atoms with Gasteiger partial charge in [-0.2, -0.15) is 0 Å². The highest BCUT2D eigenvalue weighted by Crippen LogP contribution is 2.41. The molecule has 1 aromatic heterocycles. The average molecular weight is 415 g/mol. The number of rotatable bonds is 5. The van der Waals surface area contributed by atoms with Crippen LogP contribution in [0.2, 0.25) is 0 Å². The fourth-order valence-electron chi connectivity index (χ4n) is 4.47. The van der Waals surface area contributed by atoms with Crippen molar-refractivity contribution < 1.29 is 9.18 Å². The van der Waals surface area contributed by atoms with Crippen LogP contribution in [0, 0.1) is 5.82 Å².